The molecule has 0 unspecified atom stereocenters. The first kappa shape index (κ1) is 21.2. The maximum atomic E-state index is 6.65. The molecular formula is C23H33ClN4S. The van der Waals surface area contributed by atoms with E-state index in [9.17, 15) is 0 Å². The van der Waals surface area contributed by atoms with Gasteiger partial charge >= 0.3 is 0 Å². The zero-order chi connectivity index (χ0) is 20.6. The largest absolute Gasteiger partial charge is 0.304 e. The number of hydrogen-bond acceptors (Lipinski definition) is 4. The SMILES string of the molecule is CN1CCN([C@H]2C(=NC3CCCCC3)N(c3ccccc3Cl)C(=S)C2(C)C)CC1. The van der Waals surface area contributed by atoms with Crippen molar-refractivity contribution in [2.75, 3.05) is 38.1 Å². The van der Waals surface area contributed by atoms with Crippen LogP contribution in [0.1, 0.15) is 46.0 Å². The maximum Gasteiger partial charge on any atom is 0.127 e. The third kappa shape index (κ3) is 4.12. The van der Waals surface area contributed by atoms with Crippen molar-refractivity contribution >= 4 is 40.3 Å². The second-order valence-corrected chi connectivity index (χ2v) is 10.1. The van der Waals surface area contributed by atoms with Gasteiger partial charge in [-0.3, -0.25) is 14.8 Å². The predicted octanol–water partition coefficient (Wildman–Crippen LogP) is 4.86. The van der Waals surface area contributed by atoms with Crippen LogP contribution in [0.5, 0.6) is 0 Å². The highest BCUT2D eigenvalue weighted by atomic mass is 35.5. The molecule has 4 rings (SSSR count). The molecule has 0 aromatic heterocycles. The lowest BCUT2D eigenvalue weighted by atomic mass is 9.85. The van der Waals surface area contributed by atoms with Gasteiger partial charge in [0.1, 0.15) is 5.84 Å². The van der Waals surface area contributed by atoms with Gasteiger partial charge in [-0.2, -0.15) is 0 Å². The molecule has 2 saturated heterocycles. The summed E-state index contributed by atoms with van der Waals surface area (Å²) >= 11 is 12.7. The molecule has 1 saturated carbocycles. The number of benzene rings is 1. The van der Waals surface area contributed by atoms with E-state index in [0.717, 1.165) is 47.7 Å². The topological polar surface area (TPSA) is 22.1 Å². The molecule has 4 nitrogen and oxygen atoms in total. The molecule has 1 aliphatic carbocycles. The fourth-order valence-electron chi connectivity index (χ4n) is 5.05. The van der Waals surface area contributed by atoms with Crippen molar-refractivity contribution in [2.24, 2.45) is 10.4 Å². The normalized spacial score (nSPS) is 28.4. The second-order valence-electron chi connectivity index (χ2n) is 9.33. The molecule has 29 heavy (non-hydrogen) atoms. The summed E-state index contributed by atoms with van der Waals surface area (Å²) in [5.74, 6) is 1.12. The summed E-state index contributed by atoms with van der Waals surface area (Å²) in [5, 5.41) is 0.737. The lowest BCUT2D eigenvalue weighted by molar-refractivity contribution is 0.108. The molecule has 3 fully saturated rings. The van der Waals surface area contributed by atoms with Crippen molar-refractivity contribution in [3.8, 4) is 0 Å². The Morgan fingerprint density at radius 3 is 2.34 bits per heavy atom. The Bertz CT molecular complexity index is 779. The Kier molecular flexibility index (Phi) is 6.31. The van der Waals surface area contributed by atoms with Gasteiger partial charge in [0, 0.05) is 31.6 Å². The Hall–Kier alpha value is -1.01. The first-order valence-electron chi connectivity index (χ1n) is 11.0. The number of likely N-dealkylation sites (N-methyl/N-ethyl adjacent to an activating group) is 1. The molecule has 2 aliphatic heterocycles. The fraction of sp³-hybridized carbons (Fsp3) is 0.652. The van der Waals surface area contributed by atoms with E-state index in [2.05, 4.69) is 41.7 Å². The zero-order valence-corrected chi connectivity index (χ0v) is 19.5. The van der Waals surface area contributed by atoms with E-state index in [0.29, 0.717) is 6.04 Å². The third-order valence-electron chi connectivity index (χ3n) is 6.80. The first-order valence-corrected chi connectivity index (χ1v) is 11.8. The van der Waals surface area contributed by atoms with Gasteiger partial charge in [-0.25, -0.2) is 0 Å². The van der Waals surface area contributed by atoms with Gasteiger partial charge < -0.3 is 4.90 Å². The van der Waals surface area contributed by atoms with Crippen LogP contribution in [0.25, 0.3) is 0 Å². The number of halogens is 1. The number of amidine groups is 1. The molecule has 158 valence electrons. The molecule has 6 heteroatoms. The summed E-state index contributed by atoms with van der Waals surface area (Å²) in [6.07, 6.45) is 6.26. The highest BCUT2D eigenvalue weighted by Gasteiger charge is 2.52. The van der Waals surface area contributed by atoms with Gasteiger partial charge in [0.05, 0.1) is 27.8 Å². The van der Waals surface area contributed by atoms with E-state index < -0.39 is 0 Å². The molecule has 0 spiro atoms. The number of para-hydroxylation sites is 1. The molecule has 0 bridgehead atoms. The number of nitrogens with zero attached hydrogens (tertiary/aromatic N) is 4. The van der Waals surface area contributed by atoms with Crippen molar-refractivity contribution in [3.63, 3.8) is 0 Å². The number of anilines is 1. The number of piperazine rings is 1. The minimum Gasteiger partial charge on any atom is -0.304 e. The summed E-state index contributed by atoms with van der Waals surface area (Å²) in [5.41, 5.74) is 0.802. The van der Waals surface area contributed by atoms with E-state index in [1.165, 1.54) is 32.1 Å². The highest BCUT2D eigenvalue weighted by molar-refractivity contribution is 7.80. The van der Waals surface area contributed by atoms with Crippen LogP contribution < -0.4 is 4.90 Å². The highest BCUT2D eigenvalue weighted by Crippen LogP contribution is 2.43. The fourth-order valence-corrected chi connectivity index (χ4v) is 5.57. The van der Waals surface area contributed by atoms with E-state index in [4.69, 9.17) is 28.8 Å². The molecule has 1 aromatic carbocycles. The van der Waals surface area contributed by atoms with E-state index in [-0.39, 0.29) is 11.5 Å². The molecular weight excluding hydrogens is 400 g/mol. The minimum absolute atomic E-state index is 0.169. The lowest BCUT2D eigenvalue weighted by Crippen LogP contribution is -2.55. The lowest BCUT2D eigenvalue weighted by Gasteiger charge is -2.41. The van der Waals surface area contributed by atoms with E-state index >= 15 is 0 Å². The average molecular weight is 433 g/mol. The molecule has 2 heterocycles. The van der Waals surface area contributed by atoms with Crippen molar-refractivity contribution in [3.05, 3.63) is 29.3 Å². The zero-order valence-electron chi connectivity index (χ0n) is 17.9. The summed E-state index contributed by atoms with van der Waals surface area (Å²) < 4.78 is 0. The average Bonchev–Trinajstić information content (AvgIpc) is 2.90. The van der Waals surface area contributed by atoms with Crippen LogP contribution in [0.2, 0.25) is 5.02 Å². The van der Waals surface area contributed by atoms with Gasteiger partial charge in [-0.15, -0.1) is 0 Å². The Labute approximate surface area is 185 Å². The quantitative estimate of drug-likeness (QED) is 0.636. The molecule has 1 aromatic rings. The van der Waals surface area contributed by atoms with E-state index in [1.54, 1.807) is 0 Å². The summed E-state index contributed by atoms with van der Waals surface area (Å²) in [7, 11) is 2.20. The summed E-state index contributed by atoms with van der Waals surface area (Å²) in [4.78, 5) is 13.5. The van der Waals surface area contributed by atoms with Crippen molar-refractivity contribution < 1.29 is 0 Å². The number of thiocarbonyl (C=S) groups is 1. The molecule has 0 radical (unpaired) electrons. The predicted molar refractivity (Wildman–Crippen MR) is 127 cm³/mol. The van der Waals surface area contributed by atoms with Crippen LogP contribution in [0.15, 0.2) is 29.3 Å². The number of rotatable bonds is 3. The van der Waals surface area contributed by atoms with Crippen molar-refractivity contribution in [1.82, 2.24) is 9.80 Å². The molecule has 3 aliphatic rings. The minimum atomic E-state index is -0.169. The van der Waals surface area contributed by atoms with Crippen LogP contribution in [0.4, 0.5) is 5.69 Å². The maximum absolute atomic E-state index is 6.65. The molecule has 1 atom stereocenters. The van der Waals surface area contributed by atoms with Crippen molar-refractivity contribution in [2.45, 2.75) is 58.0 Å². The summed E-state index contributed by atoms with van der Waals surface area (Å²) in [6.45, 7) is 8.84. The van der Waals surface area contributed by atoms with Crippen LogP contribution in [-0.4, -0.2) is 65.9 Å². The molecule has 0 N–H and O–H groups in total. The van der Waals surface area contributed by atoms with Gasteiger partial charge in [0.15, 0.2) is 0 Å². The van der Waals surface area contributed by atoms with Crippen LogP contribution in [0.3, 0.4) is 0 Å². The third-order valence-corrected chi connectivity index (χ3v) is 7.83. The van der Waals surface area contributed by atoms with Gasteiger partial charge in [-0.05, 0) is 32.0 Å². The molecule has 0 amide bonds. The Balaban J connectivity index is 1.78. The second kappa shape index (κ2) is 8.62. The van der Waals surface area contributed by atoms with Gasteiger partial charge in [-0.1, -0.05) is 69.1 Å². The van der Waals surface area contributed by atoms with Gasteiger partial charge in [0.25, 0.3) is 0 Å². The van der Waals surface area contributed by atoms with Crippen LogP contribution in [0, 0.1) is 5.41 Å². The summed E-state index contributed by atoms with van der Waals surface area (Å²) in [6, 6.07) is 8.64. The Morgan fingerprint density at radius 2 is 1.69 bits per heavy atom. The number of aliphatic imine (C=N–C) groups is 1. The van der Waals surface area contributed by atoms with Gasteiger partial charge in [0.2, 0.25) is 0 Å². The monoisotopic (exact) mass is 432 g/mol. The van der Waals surface area contributed by atoms with Crippen LogP contribution in [-0.2, 0) is 0 Å². The smallest absolute Gasteiger partial charge is 0.127 e. The van der Waals surface area contributed by atoms with E-state index in [1.807, 2.05) is 18.2 Å². The standard InChI is InChI=1S/C23H33ClN4S/c1-23(2)20(27-15-13-26(3)14-16-27)21(25-17-9-5-4-6-10-17)28(22(23)29)19-12-8-7-11-18(19)24/h7-8,11-12,17,20H,4-6,9-10,13-16H2,1-3H3/t20-/m0/s1. The number of hydrogen-bond donors (Lipinski definition) is 0. The first-order chi connectivity index (χ1) is 13.9. The van der Waals surface area contributed by atoms with Crippen molar-refractivity contribution in [1.29, 1.82) is 0 Å². The van der Waals surface area contributed by atoms with Crippen LogP contribution >= 0.6 is 23.8 Å². The Morgan fingerprint density at radius 1 is 1.03 bits per heavy atom.